The lowest BCUT2D eigenvalue weighted by molar-refractivity contribution is -0.339. The van der Waals surface area contributed by atoms with Crippen molar-refractivity contribution in [1.82, 2.24) is 5.32 Å². The van der Waals surface area contributed by atoms with Crippen molar-refractivity contribution in [3.8, 4) is 0 Å². The topological polar surface area (TPSA) is 216 Å². The molecule has 19 atom stereocenters. The molecule has 2 bridgehead atoms. The van der Waals surface area contributed by atoms with Crippen LogP contribution in [0.1, 0.15) is 209 Å². The number of amides is 1. The number of carbonyl (C=O) groups is 7. The van der Waals surface area contributed by atoms with Crippen molar-refractivity contribution >= 4 is 41.7 Å². The molecule has 0 aromatic heterocycles. The van der Waals surface area contributed by atoms with E-state index in [1.54, 1.807) is 116 Å². The van der Waals surface area contributed by atoms with Gasteiger partial charge in [-0.3, -0.25) is 9.59 Å². The zero-order chi connectivity index (χ0) is 66.8. The molecular formula is C76H103NO15. The number of Topliss-reactive ketones (excluding diaryl/α,β-unsaturated/α-hetero) is 1. The van der Waals surface area contributed by atoms with Gasteiger partial charge in [-0.05, 0) is 160 Å². The molecule has 1 amide bonds. The Balaban J connectivity index is 0.927. The van der Waals surface area contributed by atoms with Crippen molar-refractivity contribution in [3.05, 3.63) is 107 Å². The van der Waals surface area contributed by atoms with Crippen LogP contribution < -0.4 is 5.32 Å². The molecule has 16 heteroatoms. The minimum Gasteiger partial charge on any atom is -0.459 e. The van der Waals surface area contributed by atoms with Crippen molar-refractivity contribution in [2.75, 3.05) is 6.61 Å². The molecule has 0 radical (unpaired) electrons. The van der Waals surface area contributed by atoms with Gasteiger partial charge in [0.2, 0.25) is 6.10 Å². The summed E-state index contributed by atoms with van der Waals surface area (Å²) < 4.78 is 43.6. The molecule has 2 N–H and O–H groups in total. The number of alkyl carbamates (subject to hydrolysis) is 1. The maximum atomic E-state index is 15.9. The molecule has 502 valence electrons. The van der Waals surface area contributed by atoms with Crippen molar-refractivity contribution < 1.29 is 71.8 Å². The van der Waals surface area contributed by atoms with Crippen molar-refractivity contribution in [2.24, 2.45) is 74.9 Å². The molecule has 7 aliphatic carbocycles. The highest BCUT2D eigenvalue weighted by Gasteiger charge is 2.77. The molecule has 1 saturated heterocycles. The summed E-state index contributed by atoms with van der Waals surface area (Å²) >= 11 is 0. The molecule has 16 nitrogen and oxygen atoms in total. The summed E-state index contributed by atoms with van der Waals surface area (Å²) in [5.41, 5.74) is -4.50. The van der Waals surface area contributed by atoms with E-state index in [0.29, 0.717) is 59.1 Å². The van der Waals surface area contributed by atoms with Crippen LogP contribution in [0, 0.1) is 74.9 Å². The fraction of sp³-hybridized carbons (Fsp3) is 0.671. The average Bonchev–Trinajstić information content (AvgIpc) is 0.751. The van der Waals surface area contributed by atoms with Crippen LogP contribution in [0.25, 0.3) is 0 Å². The maximum Gasteiger partial charge on any atom is 0.408 e. The molecule has 92 heavy (non-hydrogen) atoms. The Bertz CT molecular complexity index is 3230. The quantitative estimate of drug-likeness (QED) is 0.0652. The predicted molar refractivity (Wildman–Crippen MR) is 346 cm³/mol. The second-order valence-corrected chi connectivity index (χ2v) is 31.6. The number of fused-ring (bicyclic) bond motifs is 10. The molecule has 3 unspecified atom stereocenters. The Morgan fingerprint density at radius 3 is 2.14 bits per heavy atom. The Morgan fingerprint density at radius 2 is 1.50 bits per heavy atom. The molecule has 2 aromatic carbocycles. The van der Waals surface area contributed by atoms with Crippen LogP contribution in [-0.2, 0) is 57.1 Å². The zero-order valence-corrected chi connectivity index (χ0v) is 57.2. The number of ketones is 1. The lowest BCUT2D eigenvalue weighted by atomic mass is 9.42. The first-order valence-electron chi connectivity index (χ1n) is 34.3. The van der Waals surface area contributed by atoms with Gasteiger partial charge in [-0.25, -0.2) is 24.0 Å². The fourth-order valence-electron chi connectivity index (χ4n) is 19.7. The van der Waals surface area contributed by atoms with Crippen LogP contribution in [0.3, 0.4) is 0 Å². The highest BCUT2D eigenvalue weighted by molar-refractivity contribution is 5.94. The van der Waals surface area contributed by atoms with Gasteiger partial charge in [0, 0.05) is 48.7 Å². The second kappa shape index (κ2) is 25.9. The molecule has 1 heterocycles. The molecular weight excluding hydrogens is 1170 g/mol. The van der Waals surface area contributed by atoms with E-state index in [-0.39, 0.29) is 23.4 Å². The largest absolute Gasteiger partial charge is 0.459 e. The smallest absolute Gasteiger partial charge is 0.408 e. The van der Waals surface area contributed by atoms with E-state index in [2.05, 4.69) is 46.0 Å². The van der Waals surface area contributed by atoms with E-state index in [4.69, 9.17) is 33.2 Å². The number of hydrogen-bond donors (Lipinski definition) is 2. The summed E-state index contributed by atoms with van der Waals surface area (Å²) in [5.74, 6) is -3.22. The fourth-order valence-corrected chi connectivity index (χ4v) is 19.7. The molecule has 10 rings (SSSR count). The first-order chi connectivity index (χ1) is 43.2. The molecule has 2 aromatic rings. The third kappa shape index (κ3) is 12.5. The minimum absolute atomic E-state index is 0.0170. The van der Waals surface area contributed by atoms with Crippen LogP contribution in [-0.4, -0.2) is 101 Å². The van der Waals surface area contributed by atoms with E-state index < -0.39 is 124 Å². The molecule has 6 fully saturated rings. The normalized spacial score (nSPS) is 36.3. The van der Waals surface area contributed by atoms with E-state index in [1.807, 2.05) is 6.92 Å². The van der Waals surface area contributed by atoms with E-state index in [1.165, 1.54) is 57.4 Å². The second-order valence-electron chi connectivity index (χ2n) is 31.6. The summed E-state index contributed by atoms with van der Waals surface area (Å²) in [6, 6.07) is 15.1. The first kappa shape index (κ1) is 68.7. The predicted octanol–water partition coefficient (Wildman–Crippen LogP) is 13.9. The standard InChI is InChI=1S/C76H103NO15/c1-43(2)23-22-24-44(3)54-31-32-55-53-30-29-51-40-52(35-37-72(51,13)56(53)36-38-73(54,55)14)87-59(79)33-34-60(80)89-63(62(49-25-18-16-19-26-49)77-69(84)92-70(8,9)10)68(83)88-57-41-76(85)66(90-67(82)50-27-20-17-21-28-50)64-74(15,65(81)47(6)61(46(57)5)71(76,11)12)45(4)39-58-75(64,42-86-58)91-48(7)78/h16-21,25-29,33-34,43-45,47,52-58,62-64,66,85H,22-24,30-32,35-42H2,1-15H3,(H,77,84)/b34-33+/t44-,45+,47-,52+,53?,54-,55?,56?,57+,58-,62+,63-,64+,66+,72+,73-,74-,75+,76-/m1/s1. The molecule has 5 saturated carbocycles. The minimum atomic E-state index is -2.21. The van der Waals surface area contributed by atoms with E-state index in [9.17, 15) is 29.1 Å². The van der Waals surface area contributed by atoms with E-state index in [0.717, 1.165) is 42.7 Å². The van der Waals surface area contributed by atoms with Gasteiger partial charge in [-0.2, -0.15) is 0 Å². The van der Waals surface area contributed by atoms with Gasteiger partial charge in [0.05, 0.1) is 18.1 Å². The number of aliphatic hydroxyl groups is 1. The summed E-state index contributed by atoms with van der Waals surface area (Å²) in [6.07, 6.45) is 9.36. The van der Waals surface area contributed by atoms with Crippen molar-refractivity contribution in [2.45, 2.75) is 241 Å². The summed E-state index contributed by atoms with van der Waals surface area (Å²) in [5, 5.41) is 16.9. The Labute approximate surface area is 545 Å². The van der Waals surface area contributed by atoms with Gasteiger partial charge in [0.25, 0.3) is 0 Å². The van der Waals surface area contributed by atoms with Crippen molar-refractivity contribution in [1.29, 1.82) is 0 Å². The molecule has 1 aliphatic heterocycles. The monoisotopic (exact) mass is 1270 g/mol. The zero-order valence-electron chi connectivity index (χ0n) is 57.2. The lowest BCUT2D eigenvalue weighted by Crippen LogP contribution is -2.80. The molecule has 0 spiro atoms. The van der Waals surface area contributed by atoms with Gasteiger partial charge < -0.3 is 43.6 Å². The number of benzene rings is 2. The maximum absolute atomic E-state index is 15.9. The SMILES string of the molecule is CC(=O)O[C@@]12CO[C@@H]1C[C@H](C)[C@@]1(C)C(=O)[C@H](C)C3=C(C)[C@@H](OC(=O)[C@H](OC(=O)/C=C/C(=O)O[C@H]4CC[C@@]5(C)C(=CCC6C5CC[C@@]5(C)C6CC[C@@H]5[C@H](C)CCCC(C)C)C4)[C@@H](NC(=O)OC(C)(C)C)c4ccccc4)C[C@@](O)([C@@H](OC(=O)c4ccccc4)[C@H]21)C3(C)C. The Morgan fingerprint density at radius 1 is 0.826 bits per heavy atom. The van der Waals surface area contributed by atoms with Gasteiger partial charge in [-0.15, -0.1) is 0 Å². The summed E-state index contributed by atoms with van der Waals surface area (Å²) in [4.78, 5) is 101. The lowest BCUT2D eigenvalue weighted by Gasteiger charge is -2.68. The van der Waals surface area contributed by atoms with Crippen molar-refractivity contribution in [3.63, 3.8) is 0 Å². The van der Waals surface area contributed by atoms with Crippen LogP contribution >= 0.6 is 0 Å². The number of esters is 5. The Kier molecular flexibility index (Phi) is 19.3. The van der Waals surface area contributed by atoms with Crippen LogP contribution in [0.2, 0.25) is 0 Å². The summed E-state index contributed by atoms with van der Waals surface area (Å²) in [7, 11) is 0. The third-order valence-corrected chi connectivity index (χ3v) is 24.5. The number of ether oxygens (including phenoxy) is 7. The van der Waals surface area contributed by atoms with Crippen LogP contribution in [0.4, 0.5) is 4.79 Å². The van der Waals surface area contributed by atoms with Gasteiger partial charge in [0.15, 0.2) is 5.60 Å². The Hall–Kier alpha value is -6.13. The average molecular weight is 1270 g/mol. The number of nitrogens with one attached hydrogen (secondary N) is 1. The number of hydrogen-bond acceptors (Lipinski definition) is 15. The number of carbonyl (C=O) groups excluding carboxylic acids is 7. The number of allylic oxidation sites excluding steroid dienone is 1. The van der Waals surface area contributed by atoms with Gasteiger partial charge in [0.1, 0.15) is 47.4 Å². The third-order valence-electron chi connectivity index (χ3n) is 24.5. The highest BCUT2D eigenvalue weighted by Crippen LogP contribution is 2.69. The van der Waals surface area contributed by atoms with Gasteiger partial charge in [-0.1, -0.05) is 149 Å². The number of rotatable bonds is 17. The van der Waals surface area contributed by atoms with Gasteiger partial charge >= 0.3 is 35.9 Å². The summed E-state index contributed by atoms with van der Waals surface area (Å²) in [6.45, 7) is 29.0. The van der Waals surface area contributed by atoms with E-state index >= 15 is 9.59 Å². The van der Waals surface area contributed by atoms with Crippen LogP contribution in [0.5, 0.6) is 0 Å². The van der Waals surface area contributed by atoms with Crippen LogP contribution in [0.15, 0.2) is 95.6 Å². The first-order valence-corrected chi connectivity index (χ1v) is 34.3. The molecule has 8 aliphatic rings. The highest BCUT2D eigenvalue weighted by atomic mass is 16.6.